The highest BCUT2D eigenvalue weighted by Crippen LogP contribution is 2.48. The number of anilines is 3. The van der Waals surface area contributed by atoms with Gasteiger partial charge in [-0.2, -0.15) is 0 Å². The summed E-state index contributed by atoms with van der Waals surface area (Å²) in [7, 11) is -2.00. The Labute approximate surface area is 291 Å². The second-order valence-corrected chi connectivity index (χ2v) is 12.7. The number of ketones is 1. The largest absolute Gasteiger partial charge is 0.870 e. The van der Waals surface area contributed by atoms with E-state index in [1.165, 1.54) is 24.0 Å². The predicted octanol–water partition coefficient (Wildman–Crippen LogP) is 3.02. The summed E-state index contributed by atoms with van der Waals surface area (Å²) in [5.41, 5.74) is 1.09. The highest BCUT2D eigenvalue weighted by atomic mass is 19.1. The second-order valence-electron chi connectivity index (χ2n) is 12.7. The van der Waals surface area contributed by atoms with Crippen LogP contribution >= 0.6 is 0 Å². The molecule has 0 bridgehead atoms. The summed E-state index contributed by atoms with van der Waals surface area (Å²) in [5.74, 6) is -5.52. The van der Waals surface area contributed by atoms with Crippen LogP contribution in [0, 0.1) is 17.6 Å². The molecule has 0 aromatic heterocycles. The Morgan fingerprint density at radius 2 is 1.51 bits per heavy atom. The predicted molar refractivity (Wildman–Crippen MR) is 177 cm³/mol. The number of piperazine rings is 1. The minimum absolute atomic E-state index is 0.00300. The molecule has 1 unspecified atom stereocenters. The molecule has 1 N–H and O–H groups in total. The maximum absolute atomic E-state index is 15.7. The maximum atomic E-state index is 15.7. The Kier molecular flexibility index (Phi) is 9.98. The molecule has 3 fully saturated rings. The van der Waals surface area contributed by atoms with Gasteiger partial charge in [-0.25, -0.2) is 18.4 Å². The Hall–Kier alpha value is -5.48. The number of ether oxygens (including phenoxy) is 1. The highest BCUT2D eigenvalue weighted by molar-refractivity contribution is 6.45. The average molecular weight is 708 g/mol. The van der Waals surface area contributed by atoms with Crippen molar-refractivity contribution < 1.29 is 56.2 Å². The Bertz CT molecular complexity index is 1810. The lowest BCUT2D eigenvalue weighted by Crippen LogP contribution is -2.47. The molecule has 0 radical (unpaired) electrons. The zero-order valence-corrected chi connectivity index (χ0v) is 28.1. The topological polar surface area (TPSA) is 161 Å². The number of nitrogens with zero attached hydrogens (tertiary/aromatic N) is 3. The van der Waals surface area contributed by atoms with Crippen LogP contribution in [0.4, 0.5) is 30.6 Å². The lowest BCUT2D eigenvalue weighted by molar-refractivity contribution is -0.144. The van der Waals surface area contributed by atoms with Gasteiger partial charge in [-0.3, -0.25) is 24.1 Å². The van der Waals surface area contributed by atoms with E-state index in [0.717, 1.165) is 32.8 Å². The third-order valence-electron chi connectivity index (χ3n) is 9.05. The minimum atomic E-state index is -2.00. The van der Waals surface area contributed by atoms with Gasteiger partial charge >= 0.3 is 19.4 Å². The fourth-order valence-corrected chi connectivity index (χ4v) is 6.49. The number of benzene rings is 2. The van der Waals surface area contributed by atoms with Gasteiger partial charge in [-0.05, 0) is 54.7 Å². The zero-order chi connectivity index (χ0) is 36.6. The molecule has 2 atom stereocenters. The number of carbonyl (C=O) groups excluding carboxylic acids is 6. The summed E-state index contributed by atoms with van der Waals surface area (Å²) in [6.07, 6.45) is 1.93. The zero-order valence-electron chi connectivity index (χ0n) is 28.1. The van der Waals surface area contributed by atoms with E-state index < -0.39 is 60.8 Å². The van der Waals surface area contributed by atoms with Crippen LogP contribution in [0.2, 0.25) is 0 Å². The van der Waals surface area contributed by atoms with Crippen LogP contribution in [0.15, 0.2) is 42.0 Å². The summed E-state index contributed by atoms with van der Waals surface area (Å²) in [5, 5.41) is 2.60. The molecule has 0 spiro atoms. The molecule has 1 saturated carbocycles. The fraction of sp³-hybridized carbons (Fsp3) is 0.412. The molecular formula is C34H35BF2N4O10. The number of amides is 2. The van der Waals surface area contributed by atoms with Crippen LogP contribution in [-0.2, 0) is 37.9 Å². The molecule has 2 aliphatic heterocycles. The van der Waals surface area contributed by atoms with E-state index in [1.807, 2.05) is 9.80 Å². The molecule has 4 aliphatic rings. The van der Waals surface area contributed by atoms with E-state index >= 15 is 8.78 Å². The number of hydrogen-bond acceptors (Lipinski definition) is 12. The van der Waals surface area contributed by atoms with Gasteiger partial charge in [0.25, 0.3) is 11.9 Å². The Morgan fingerprint density at radius 1 is 0.882 bits per heavy atom. The molecule has 2 heterocycles. The van der Waals surface area contributed by atoms with Crippen LogP contribution in [0.1, 0.15) is 55.5 Å². The summed E-state index contributed by atoms with van der Waals surface area (Å²) in [6.45, 7) is 5.08. The van der Waals surface area contributed by atoms with Crippen molar-refractivity contribution in [2.75, 3.05) is 54.0 Å². The summed E-state index contributed by atoms with van der Waals surface area (Å²) >= 11 is 0. The second kappa shape index (κ2) is 14.4. The van der Waals surface area contributed by atoms with Crippen molar-refractivity contribution in [2.24, 2.45) is 5.92 Å². The third-order valence-corrected chi connectivity index (χ3v) is 9.05. The first-order valence-electron chi connectivity index (χ1n) is 16.5. The number of carbonyl (C=O) groups is 6. The van der Waals surface area contributed by atoms with Crippen molar-refractivity contribution in [3.05, 3.63) is 64.7 Å². The fourth-order valence-electron chi connectivity index (χ4n) is 6.49. The summed E-state index contributed by atoms with van der Waals surface area (Å²) in [4.78, 5) is 77.9. The summed E-state index contributed by atoms with van der Waals surface area (Å²) < 4.78 is 50.9. The molecular weight excluding hydrogens is 673 g/mol. The van der Waals surface area contributed by atoms with Gasteiger partial charge in [0.05, 0.1) is 30.2 Å². The monoisotopic (exact) mass is 708 g/mol. The molecule has 2 aliphatic carbocycles. The third kappa shape index (κ3) is 7.81. The van der Waals surface area contributed by atoms with Crippen LogP contribution in [0.5, 0.6) is 0 Å². The SMILES string of the molecule is CC(=O)NC[C@H]1CN(c2ccc(N3CCN(c4cc5c(cc4F)C(=O)C(C(=O)OB(OC(C)=O)OC(C)=O)=CC5C4CC4)CC3)c(F)c2)C(=O)O1. The molecule has 14 nitrogen and oxygen atoms in total. The Balaban J connectivity index is 1.14. The first-order chi connectivity index (χ1) is 24.3. The highest BCUT2D eigenvalue weighted by Gasteiger charge is 2.43. The standard InChI is InChI=1S/C34H35BF2N4O10/c1-18(42)38-16-23-17-41(34(47)48-23)22-6-7-30(28(36)12-22)39-8-10-40(11-9-39)31-15-25-24(21-4-5-21)13-27(32(45)26(25)14-29(31)37)33(46)51-35(49-19(2)43)50-20(3)44/h6-7,12-15,21,23-24H,4-5,8-11,16-17H2,1-3H3,(H,38,42)/t23-,24?/m0/s1. The molecule has 51 heavy (non-hydrogen) atoms. The number of allylic oxidation sites excluding steroid dienone is 1. The molecule has 17 heteroatoms. The number of halogens is 2. The van der Waals surface area contributed by atoms with Gasteiger partial charge in [0.15, 0.2) is 5.78 Å². The van der Waals surface area contributed by atoms with Crippen LogP contribution in [-0.4, -0.2) is 88.4 Å². The van der Waals surface area contributed by atoms with E-state index in [0.29, 0.717) is 43.1 Å². The number of rotatable bonds is 10. The van der Waals surface area contributed by atoms with E-state index in [9.17, 15) is 28.8 Å². The lowest BCUT2D eigenvalue weighted by atomic mass is 9.80. The molecule has 2 saturated heterocycles. The molecule has 6 rings (SSSR count). The first-order valence-corrected chi connectivity index (χ1v) is 16.5. The van der Waals surface area contributed by atoms with Crippen molar-refractivity contribution in [1.29, 1.82) is 0 Å². The maximum Gasteiger partial charge on any atom is 0.870 e. The average Bonchev–Trinajstić information content (AvgIpc) is 3.84. The van der Waals surface area contributed by atoms with Crippen molar-refractivity contribution in [1.82, 2.24) is 5.32 Å². The van der Waals surface area contributed by atoms with Crippen LogP contribution in [0.25, 0.3) is 0 Å². The van der Waals surface area contributed by atoms with Gasteiger partial charge in [0.1, 0.15) is 23.3 Å². The van der Waals surface area contributed by atoms with E-state index in [1.54, 1.807) is 18.2 Å². The number of nitrogens with one attached hydrogen (secondary N) is 1. The smallest absolute Gasteiger partial charge is 0.462 e. The number of fused-ring (bicyclic) bond motifs is 1. The molecule has 2 aromatic rings. The molecule has 2 amide bonds. The normalized spacial score (nSPS) is 19.9. The van der Waals surface area contributed by atoms with Crippen molar-refractivity contribution in [3.8, 4) is 0 Å². The molecule has 268 valence electrons. The summed E-state index contributed by atoms with van der Waals surface area (Å²) in [6, 6.07) is 7.19. The number of cyclic esters (lactones) is 1. The van der Waals surface area contributed by atoms with E-state index in [-0.39, 0.29) is 41.7 Å². The van der Waals surface area contributed by atoms with E-state index in [2.05, 4.69) is 5.32 Å². The lowest BCUT2D eigenvalue weighted by Gasteiger charge is -2.38. The van der Waals surface area contributed by atoms with Gasteiger partial charge in [0.2, 0.25) is 5.91 Å². The van der Waals surface area contributed by atoms with Crippen molar-refractivity contribution >= 4 is 60.1 Å². The minimum Gasteiger partial charge on any atom is -0.462 e. The van der Waals surface area contributed by atoms with Gasteiger partial charge < -0.3 is 33.8 Å². The quantitative estimate of drug-likeness (QED) is 0.284. The van der Waals surface area contributed by atoms with Crippen LogP contribution in [0.3, 0.4) is 0 Å². The van der Waals surface area contributed by atoms with Gasteiger partial charge in [-0.15, -0.1) is 0 Å². The first kappa shape index (κ1) is 35.4. The number of hydrogen-bond donors (Lipinski definition) is 1. The van der Waals surface area contributed by atoms with Crippen LogP contribution < -0.4 is 20.0 Å². The Morgan fingerprint density at radius 3 is 2.10 bits per heavy atom. The van der Waals surface area contributed by atoms with Crippen molar-refractivity contribution in [3.63, 3.8) is 0 Å². The van der Waals surface area contributed by atoms with Gasteiger partial charge in [0, 0.05) is 58.4 Å². The number of Topliss-reactive ketones (excluding diaryl/α,β-unsaturated/α-hetero) is 1. The van der Waals surface area contributed by atoms with Crippen molar-refractivity contribution in [2.45, 2.75) is 45.6 Å². The van der Waals surface area contributed by atoms with Gasteiger partial charge in [-0.1, -0.05) is 6.08 Å². The molecule has 2 aromatic carbocycles. The van der Waals surface area contributed by atoms with E-state index in [4.69, 9.17) is 18.7 Å².